The summed E-state index contributed by atoms with van der Waals surface area (Å²) in [5, 5.41) is 0. The van der Waals surface area contributed by atoms with Gasteiger partial charge in [-0.3, -0.25) is 0 Å². The first-order chi connectivity index (χ1) is 30.7. The fourth-order valence-electron chi connectivity index (χ4n) is 7.81. The van der Waals surface area contributed by atoms with Gasteiger partial charge < -0.3 is 27.5 Å². The van der Waals surface area contributed by atoms with E-state index in [1.54, 1.807) is 0 Å². The average molecular weight is 920 g/mol. The molecule has 0 radical (unpaired) electrons. The highest BCUT2D eigenvalue weighted by Gasteiger charge is 2.31. The Labute approximate surface area is 397 Å². The Morgan fingerprint density at radius 2 is 0.540 bits per heavy atom. The molecule has 0 aromatic heterocycles. The van der Waals surface area contributed by atoms with Gasteiger partial charge in [0, 0.05) is 26.4 Å². The van der Waals surface area contributed by atoms with Crippen molar-refractivity contribution in [3.63, 3.8) is 0 Å². The van der Waals surface area contributed by atoms with Gasteiger partial charge in [-0.2, -0.15) is 0 Å². The molecule has 0 unspecified atom stereocenters. The highest BCUT2D eigenvalue weighted by Crippen LogP contribution is 2.21. The second kappa shape index (κ2) is 47.6. The topological polar surface area (TPSA) is 43.4 Å². The van der Waals surface area contributed by atoms with Crippen LogP contribution in [0.15, 0.2) is 48.6 Å². The fraction of sp³-hybridized carbons (Fsp3) is 0.855. The predicted octanol–water partition coefficient (Wildman–Crippen LogP) is 16.7. The summed E-state index contributed by atoms with van der Waals surface area (Å²) in [6, 6.07) is 2.18. The number of hydrogen-bond donors (Lipinski definition) is 0. The molecule has 0 rings (SSSR count). The van der Waals surface area contributed by atoms with Crippen LogP contribution in [0.1, 0.15) is 214 Å². The fourth-order valence-corrected chi connectivity index (χ4v) is 12.6. The second-order valence-electron chi connectivity index (χ2n) is 19.0. The molecule has 0 aliphatic carbocycles. The van der Waals surface area contributed by atoms with Gasteiger partial charge in [0.2, 0.25) is 0 Å². The molecule has 372 valence electrons. The number of nitrogens with zero attached hydrogens (tertiary/aromatic N) is 2. The Hall–Kier alpha value is -0.846. The molecular formula is C55H110N2O4Si2. The van der Waals surface area contributed by atoms with Crippen molar-refractivity contribution >= 4 is 17.1 Å². The van der Waals surface area contributed by atoms with Crippen molar-refractivity contribution in [1.82, 2.24) is 9.80 Å². The van der Waals surface area contributed by atoms with Crippen LogP contribution in [0, 0.1) is 0 Å². The molecule has 0 saturated heterocycles. The molecule has 0 heterocycles. The van der Waals surface area contributed by atoms with Crippen molar-refractivity contribution in [2.75, 3.05) is 66.7 Å². The van der Waals surface area contributed by atoms with Gasteiger partial charge in [0.25, 0.3) is 0 Å². The third kappa shape index (κ3) is 44.7. The highest BCUT2D eigenvalue weighted by molar-refractivity contribution is 6.66. The predicted molar refractivity (Wildman–Crippen MR) is 285 cm³/mol. The van der Waals surface area contributed by atoms with E-state index in [4.69, 9.17) is 17.7 Å². The average Bonchev–Trinajstić information content (AvgIpc) is 3.27. The molecule has 0 aliphatic rings. The largest absolute Gasteiger partial charge is 0.394 e. The van der Waals surface area contributed by atoms with Gasteiger partial charge in [-0.25, -0.2) is 0 Å². The molecule has 0 aromatic carbocycles. The molecule has 0 bridgehead atoms. The summed E-state index contributed by atoms with van der Waals surface area (Å²) in [6.07, 6.45) is 54.3. The van der Waals surface area contributed by atoms with Crippen LogP contribution < -0.4 is 0 Å². The monoisotopic (exact) mass is 919 g/mol. The molecule has 0 N–H and O–H groups in total. The zero-order chi connectivity index (χ0) is 46.2. The van der Waals surface area contributed by atoms with Crippen molar-refractivity contribution < 1.29 is 17.7 Å². The molecule has 0 atom stereocenters. The quantitative estimate of drug-likeness (QED) is 0.0344. The van der Waals surface area contributed by atoms with E-state index in [1.807, 2.05) is 0 Å². The van der Waals surface area contributed by atoms with Crippen molar-refractivity contribution in [3.8, 4) is 0 Å². The van der Waals surface area contributed by atoms with Crippen LogP contribution in [0.5, 0.6) is 0 Å². The van der Waals surface area contributed by atoms with Gasteiger partial charge in [0.1, 0.15) is 0 Å². The minimum atomic E-state index is -2.19. The Morgan fingerprint density at radius 3 is 0.794 bits per heavy atom. The van der Waals surface area contributed by atoms with Crippen molar-refractivity contribution in [3.05, 3.63) is 48.6 Å². The van der Waals surface area contributed by atoms with E-state index in [-0.39, 0.29) is 0 Å². The zero-order valence-electron chi connectivity index (χ0n) is 43.7. The lowest BCUT2D eigenvalue weighted by atomic mass is 10.2. The number of allylic oxidation sites excluding steroid dienone is 8. The van der Waals surface area contributed by atoms with Crippen LogP contribution in [0.25, 0.3) is 0 Å². The minimum absolute atomic E-state index is 0.824. The van der Waals surface area contributed by atoms with Gasteiger partial charge in [-0.1, -0.05) is 141 Å². The van der Waals surface area contributed by atoms with E-state index >= 15 is 0 Å². The van der Waals surface area contributed by atoms with Crippen molar-refractivity contribution in [2.45, 2.75) is 239 Å². The lowest BCUT2D eigenvalue weighted by Gasteiger charge is -2.28. The third-order valence-corrected chi connectivity index (χ3v) is 18.0. The van der Waals surface area contributed by atoms with Gasteiger partial charge in [0.05, 0.1) is 0 Å². The molecule has 6 nitrogen and oxygen atoms in total. The summed E-state index contributed by atoms with van der Waals surface area (Å²) >= 11 is 0. The van der Waals surface area contributed by atoms with E-state index < -0.39 is 17.1 Å². The molecule has 0 aromatic rings. The van der Waals surface area contributed by atoms with E-state index in [2.05, 4.69) is 113 Å². The first kappa shape index (κ1) is 62.2. The SMILES string of the molecule is CCCCC/C=C\CCCO[Si](C)(CCCCN(C)CCCN(C)CCCC[Si](C)(OCCC/C=C\CCCCC)OCCC/C=C\CCCCC)OCCC/C=C\CCCCC. The van der Waals surface area contributed by atoms with E-state index in [0.29, 0.717) is 0 Å². The van der Waals surface area contributed by atoms with Crippen LogP contribution in [0.3, 0.4) is 0 Å². The van der Waals surface area contributed by atoms with E-state index in [0.717, 1.165) is 116 Å². The lowest BCUT2D eigenvalue weighted by Crippen LogP contribution is -2.39. The maximum absolute atomic E-state index is 6.62. The standard InChI is InChI=1S/C55H110N2O4Si2/c1-9-13-17-21-25-29-33-39-50-58-62(7,59-51-40-34-30-26-22-18-14-10-2)54-43-37-46-56(5)48-45-49-57(6)47-38-44-55-63(8,60-52-41-35-31-27-23-19-15-11-3)61-53-42-36-32-28-24-20-16-12-4/h25-32H,9-24,33-55H2,1-8H3/b29-25-,30-26-,31-27-,32-28-. The Morgan fingerprint density at radius 1 is 0.302 bits per heavy atom. The summed E-state index contributed by atoms with van der Waals surface area (Å²) in [6.45, 7) is 21.6. The second-order valence-corrected chi connectivity index (χ2v) is 25.7. The maximum Gasteiger partial charge on any atom is 0.334 e. The first-order valence-electron chi connectivity index (χ1n) is 27.3. The maximum atomic E-state index is 6.62. The molecule has 8 heteroatoms. The summed E-state index contributed by atoms with van der Waals surface area (Å²) < 4.78 is 26.5. The van der Waals surface area contributed by atoms with Crippen LogP contribution in [0.4, 0.5) is 0 Å². The molecule has 0 amide bonds. The number of unbranched alkanes of at least 4 members (excludes halogenated alkanes) is 18. The highest BCUT2D eigenvalue weighted by atomic mass is 28.4. The minimum Gasteiger partial charge on any atom is -0.394 e. The molecule has 0 spiro atoms. The van der Waals surface area contributed by atoms with Gasteiger partial charge in [-0.05, 0) is 187 Å². The van der Waals surface area contributed by atoms with Gasteiger partial charge in [0.15, 0.2) is 0 Å². The summed E-state index contributed by atoms with van der Waals surface area (Å²) in [5.41, 5.74) is 0. The molecular weight excluding hydrogens is 809 g/mol. The molecule has 0 fully saturated rings. The van der Waals surface area contributed by atoms with E-state index in [1.165, 1.54) is 135 Å². The van der Waals surface area contributed by atoms with Gasteiger partial charge in [-0.15, -0.1) is 0 Å². The molecule has 63 heavy (non-hydrogen) atoms. The molecule has 0 saturated carbocycles. The van der Waals surface area contributed by atoms with Crippen LogP contribution in [0.2, 0.25) is 25.2 Å². The number of hydrogen-bond acceptors (Lipinski definition) is 6. The third-order valence-electron chi connectivity index (χ3n) is 12.2. The summed E-state index contributed by atoms with van der Waals surface area (Å²) in [4.78, 5) is 5.06. The van der Waals surface area contributed by atoms with Crippen molar-refractivity contribution in [2.24, 2.45) is 0 Å². The zero-order valence-corrected chi connectivity index (χ0v) is 45.7. The van der Waals surface area contributed by atoms with Crippen molar-refractivity contribution in [1.29, 1.82) is 0 Å². The normalized spacial score (nSPS) is 13.0. The molecule has 0 aliphatic heterocycles. The van der Waals surface area contributed by atoms with Crippen LogP contribution in [-0.4, -0.2) is 93.6 Å². The van der Waals surface area contributed by atoms with Crippen LogP contribution in [-0.2, 0) is 17.7 Å². The lowest BCUT2D eigenvalue weighted by molar-refractivity contribution is 0.168. The Balaban J connectivity index is 4.64. The first-order valence-corrected chi connectivity index (χ1v) is 32.3. The summed E-state index contributed by atoms with van der Waals surface area (Å²) in [5.74, 6) is 0. The van der Waals surface area contributed by atoms with Crippen LogP contribution >= 0.6 is 0 Å². The summed E-state index contributed by atoms with van der Waals surface area (Å²) in [7, 11) is 0.225. The van der Waals surface area contributed by atoms with E-state index in [9.17, 15) is 0 Å². The Kier molecular flexibility index (Phi) is 47.0. The Bertz CT molecular complexity index is 918. The smallest absolute Gasteiger partial charge is 0.334 e. The number of rotatable bonds is 50. The van der Waals surface area contributed by atoms with Gasteiger partial charge >= 0.3 is 17.1 Å².